The fraction of sp³-hybridized carbons (Fsp3) is 0.522. The highest BCUT2D eigenvalue weighted by Crippen LogP contribution is 2.45. The minimum Gasteiger partial charge on any atom is -0.493 e. The standard InChI is InChI=1S/C23H30N2O2/c1-23(2)16-25(22-10-6-7-13-24-22)15-19(23)17-11-12-20(26-3)21(14-17)27-18-8-4-5-9-18/h6-7,10-14,18-19H,4-5,8-9,15-16H2,1-3H3/t19-/m0/s1. The quantitative estimate of drug-likeness (QED) is 0.742. The van der Waals surface area contributed by atoms with E-state index in [0.717, 1.165) is 43.2 Å². The van der Waals surface area contributed by atoms with Crippen LogP contribution < -0.4 is 14.4 Å². The number of methoxy groups -OCH3 is 1. The van der Waals surface area contributed by atoms with Crippen LogP contribution in [0.15, 0.2) is 42.6 Å². The van der Waals surface area contributed by atoms with E-state index in [4.69, 9.17) is 9.47 Å². The van der Waals surface area contributed by atoms with Crippen LogP contribution in [0.4, 0.5) is 5.82 Å². The monoisotopic (exact) mass is 366 g/mol. The van der Waals surface area contributed by atoms with E-state index < -0.39 is 0 Å². The summed E-state index contributed by atoms with van der Waals surface area (Å²) in [5.41, 5.74) is 1.49. The molecular weight excluding hydrogens is 336 g/mol. The normalized spacial score (nSPS) is 22.2. The molecule has 2 aromatic rings. The lowest BCUT2D eigenvalue weighted by atomic mass is 9.78. The summed E-state index contributed by atoms with van der Waals surface area (Å²) in [6.45, 7) is 6.67. The summed E-state index contributed by atoms with van der Waals surface area (Å²) in [6, 6.07) is 12.6. The first kappa shape index (κ1) is 18.1. The number of ether oxygens (including phenoxy) is 2. The Morgan fingerprint density at radius 2 is 1.89 bits per heavy atom. The van der Waals surface area contributed by atoms with Crippen molar-refractivity contribution in [1.82, 2.24) is 4.98 Å². The van der Waals surface area contributed by atoms with Gasteiger partial charge in [0.2, 0.25) is 0 Å². The predicted molar refractivity (Wildman–Crippen MR) is 109 cm³/mol. The highest BCUT2D eigenvalue weighted by molar-refractivity contribution is 5.48. The summed E-state index contributed by atoms with van der Waals surface area (Å²) in [7, 11) is 1.72. The van der Waals surface area contributed by atoms with Gasteiger partial charge in [-0.05, 0) is 60.9 Å². The third kappa shape index (κ3) is 3.76. The maximum atomic E-state index is 6.33. The first-order chi connectivity index (χ1) is 13.1. The van der Waals surface area contributed by atoms with Crippen molar-refractivity contribution in [3.63, 3.8) is 0 Å². The molecule has 1 aliphatic carbocycles. The zero-order valence-electron chi connectivity index (χ0n) is 16.6. The second-order valence-electron chi connectivity index (χ2n) is 8.54. The number of hydrogen-bond donors (Lipinski definition) is 0. The van der Waals surface area contributed by atoms with Crippen molar-refractivity contribution in [3.05, 3.63) is 48.2 Å². The van der Waals surface area contributed by atoms with Gasteiger partial charge < -0.3 is 14.4 Å². The van der Waals surface area contributed by atoms with Gasteiger partial charge in [0.15, 0.2) is 11.5 Å². The maximum Gasteiger partial charge on any atom is 0.161 e. The Labute approximate surface area is 162 Å². The lowest BCUT2D eigenvalue weighted by Crippen LogP contribution is -2.23. The molecule has 0 amide bonds. The van der Waals surface area contributed by atoms with E-state index in [1.165, 1.54) is 18.4 Å². The van der Waals surface area contributed by atoms with Gasteiger partial charge in [-0.25, -0.2) is 4.98 Å². The number of rotatable bonds is 5. The number of nitrogens with zero attached hydrogens (tertiary/aromatic N) is 2. The lowest BCUT2D eigenvalue weighted by molar-refractivity contribution is 0.200. The first-order valence-electron chi connectivity index (χ1n) is 10.1. The summed E-state index contributed by atoms with van der Waals surface area (Å²) in [5, 5.41) is 0. The minimum atomic E-state index is 0.163. The average molecular weight is 367 g/mol. The molecule has 2 aliphatic rings. The molecule has 1 saturated carbocycles. The van der Waals surface area contributed by atoms with Crippen LogP contribution in [0, 0.1) is 5.41 Å². The van der Waals surface area contributed by atoms with Crippen LogP contribution in [-0.2, 0) is 0 Å². The van der Waals surface area contributed by atoms with Crippen molar-refractivity contribution in [2.45, 2.75) is 51.6 Å². The zero-order chi connectivity index (χ0) is 18.9. The molecule has 0 bridgehead atoms. The Kier molecular flexibility index (Phi) is 4.98. The molecular formula is C23H30N2O2. The Balaban J connectivity index is 1.59. The van der Waals surface area contributed by atoms with Gasteiger partial charge >= 0.3 is 0 Å². The summed E-state index contributed by atoms with van der Waals surface area (Å²) >= 11 is 0. The summed E-state index contributed by atoms with van der Waals surface area (Å²) in [5.74, 6) is 3.22. The number of hydrogen-bond acceptors (Lipinski definition) is 4. The number of aromatic nitrogens is 1. The van der Waals surface area contributed by atoms with Crippen molar-refractivity contribution in [1.29, 1.82) is 0 Å². The molecule has 0 N–H and O–H groups in total. The average Bonchev–Trinajstić information content (AvgIpc) is 3.29. The van der Waals surface area contributed by atoms with Crippen LogP contribution in [0.25, 0.3) is 0 Å². The number of benzene rings is 1. The lowest BCUT2D eigenvalue weighted by Gasteiger charge is -2.26. The van der Waals surface area contributed by atoms with E-state index in [1.54, 1.807) is 7.11 Å². The molecule has 1 saturated heterocycles. The third-order valence-corrected chi connectivity index (χ3v) is 6.10. The summed E-state index contributed by atoms with van der Waals surface area (Å²) in [4.78, 5) is 6.94. The second kappa shape index (κ2) is 7.41. The highest BCUT2D eigenvalue weighted by atomic mass is 16.5. The molecule has 0 radical (unpaired) electrons. The molecule has 1 aliphatic heterocycles. The van der Waals surface area contributed by atoms with Gasteiger partial charge in [-0.15, -0.1) is 0 Å². The van der Waals surface area contributed by atoms with E-state index in [2.05, 4.69) is 54.1 Å². The van der Waals surface area contributed by atoms with Crippen LogP contribution >= 0.6 is 0 Å². The second-order valence-corrected chi connectivity index (χ2v) is 8.54. The molecule has 4 heteroatoms. The van der Waals surface area contributed by atoms with E-state index >= 15 is 0 Å². The van der Waals surface area contributed by atoms with Gasteiger partial charge in [0.25, 0.3) is 0 Å². The molecule has 2 heterocycles. The maximum absolute atomic E-state index is 6.33. The smallest absolute Gasteiger partial charge is 0.161 e. The fourth-order valence-electron chi connectivity index (χ4n) is 4.59. The summed E-state index contributed by atoms with van der Waals surface area (Å²) in [6.07, 6.45) is 7.03. The molecule has 4 nitrogen and oxygen atoms in total. The molecule has 2 fully saturated rings. The molecule has 4 rings (SSSR count). The van der Waals surface area contributed by atoms with E-state index in [9.17, 15) is 0 Å². The Hall–Kier alpha value is -2.23. The van der Waals surface area contributed by atoms with Crippen molar-refractivity contribution in [2.75, 3.05) is 25.1 Å². The van der Waals surface area contributed by atoms with Crippen LogP contribution in [0.3, 0.4) is 0 Å². The molecule has 0 spiro atoms. The van der Waals surface area contributed by atoms with Crippen molar-refractivity contribution in [3.8, 4) is 11.5 Å². The van der Waals surface area contributed by atoms with E-state index in [-0.39, 0.29) is 5.41 Å². The van der Waals surface area contributed by atoms with Gasteiger partial charge in [-0.3, -0.25) is 0 Å². The minimum absolute atomic E-state index is 0.163. The van der Waals surface area contributed by atoms with Crippen molar-refractivity contribution >= 4 is 5.82 Å². The fourth-order valence-corrected chi connectivity index (χ4v) is 4.59. The zero-order valence-corrected chi connectivity index (χ0v) is 16.6. The Morgan fingerprint density at radius 1 is 1.07 bits per heavy atom. The summed E-state index contributed by atoms with van der Waals surface area (Å²) < 4.78 is 11.9. The van der Waals surface area contributed by atoms with Gasteiger partial charge in [-0.1, -0.05) is 26.0 Å². The Morgan fingerprint density at radius 3 is 2.59 bits per heavy atom. The largest absolute Gasteiger partial charge is 0.493 e. The van der Waals surface area contributed by atoms with E-state index in [1.807, 2.05) is 12.3 Å². The molecule has 144 valence electrons. The molecule has 1 aromatic carbocycles. The van der Waals surface area contributed by atoms with E-state index in [0.29, 0.717) is 12.0 Å². The van der Waals surface area contributed by atoms with Gasteiger partial charge in [-0.2, -0.15) is 0 Å². The van der Waals surface area contributed by atoms with Crippen LogP contribution in [0.2, 0.25) is 0 Å². The number of pyridine rings is 1. The van der Waals surface area contributed by atoms with Crippen LogP contribution in [0.1, 0.15) is 51.0 Å². The van der Waals surface area contributed by atoms with Crippen molar-refractivity contribution < 1.29 is 9.47 Å². The topological polar surface area (TPSA) is 34.6 Å². The molecule has 27 heavy (non-hydrogen) atoms. The van der Waals surface area contributed by atoms with Crippen LogP contribution in [-0.4, -0.2) is 31.3 Å². The predicted octanol–water partition coefficient (Wildman–Crippen LogP) is 5.04. The van der Waals surface area contributed by atoms with Crippen molar-refractivity contribution in [2.24, 2.45) is 5.41 Å². The van der Waals surface area contributed by atoms with Gasteiger partial charge in [0.1, 0.15) is 5.82 Å². The number of anilines is 1. The van der Waals surface area contributed by atoms with Crippen LogP contribution in [0.5, 0.6) is 11.5 Å². The SMILES string of the molecule is COc1ccc([C@@H]2CN(c3ccccn3)CC2(C)C)cc1OC1CCCC1. The highest BCUT2D eigenvalue weighted by Gasteiger charge is 2.41. The Bertz CT molecular complexity index is 769. The molecule has 0 unspecified atom stereocenters. The van der Waals surface area contributed by atoms with Gasteiger partial charge in [0, 0.05) is 25.2 Å². The first-order valence-corrected chi connectivity index (χ1v) is 10.1. The third-order valence-electron chi connectivity index (χ3n) is 6.10. The molecule has 1 atom stereocenters. The molecule has 1 aromatic heterocycles. The van der Waals surface area contributed by atoms with Gasteiger partial charge in [0.05, 0.1) is 13.2 Å².